The fraction of sp³-hybridized carbons (Fsp3) is 0.955. The Morgan fingerprint density at radius 3 is 2.52 bits per heavy atom. The molecule has 1 spiro atoms. The van der Waals surface area contributed by atoms with Crippen LogP contribution >= 0.6 is 0 Å². The van der Waals surface area contributed by atoms with Gasteiger partial charge >= 0.3 is 0 Å². The minimum absolute atomic E-state index is 0.296. The van der Waals surface area contributed by atoms with E-state index in [2.05, 4.69) is 13.8 Å². The van der Waals surface area contributed by atoms with Crippen molar-refractivity contribution in [3.05, 3.63) is 0 Å². The van der Waals surface area contributed by atoms with E-state index in [4.69, 9.17) is 10.7 Å². The highest BCUT2D eigenvalue weighted by molar-refractivity contribution is 5.79. The summed E-state index contributed by atoms with van der Waals surface area (Å²) in [6, 6.07) is 0. The second-order valence-electron chi connectivity index (χ2n) is 11.1. The van der Waals surface area contributed by atoms with Crippen LogP contribution < -0.4 is 5.90 Å². The summed E-state index contributed by atoms with van der Waals surface area (Å²) in [6.07, 6.45) is 9.38. The summed E-state index contributed by atoms with van der Waals surface area (Å²) in [5, 5.41) is 0. The van der Waals surface area contributed by atoms with Crippen molar-refractivity contribution in [3.63, 3.8) is 0 Å². The summed E-state index contributed by atoms with van der Waals surface area (Å²) < 4.78 is 0. The van der Waals surface area contributed by atoms with Crippen LogP contribution in [0.15, 0.2) is 0 Å². The van der Waals surface area contributed by atoms with Gasteiger partial charge in [-0.2, -0.15) is 0 Å². The first kappa shape index (κ1) is 15.6. The lowest BCUT2D eigenvalue weighted by Gasteiger charge is -2.60. The summed E-state index contributed by atoms with van der Waals surface area (Å²) in [7, 11) is 0. The van der Waals surface area contributed by atoms with Gasteiger partial charge in [0.2, 0.25) is 0 Å². The molecule has 3 nitrogen and oxygen atoms in total. The Hall–Kier alpha value is -0.410. The maximum absolute atomic E-state index is 12.3. The average Bonchev–Trinajstić information content (AvgIpc) is 3.40. The van der Waals surface area contributed by atoms with Crippen molar-refractivity contribution in [2.45, 2.75) is 71.8 Å². The summed E-state index contributed by atoms with van der Waals surface area (Å²) in [6.45, 7) is 6.95. The fourth-order valence-corrected chi connectivity index (χ4v) is 10.3. The molecule has 6 saturated carbocycles. The number of nitrogens with two attached hydrogens (primary N) is 1. The van der Waals surface area contributed by atoms with E-state index in [1.54, 1.807) is 0 Å². The lowest BCUT2D eigenvalue weighted by molar-refractivity contribution is -0.149. The molecule has 0 amide bonds. The van der Waals surface area contributed by atoms with Crippen LogP contribution in [-0.4, -0.2) is 11.9 Å². The highest BCUT2D eigenvalue weighted by Gasteiger charge is 2.95. The second kappa shape index (κ2) is 4.35. The summed E-state index contributed by atoms with van der Waals surface area (Å²) >= 11 is 0. The van der Waals surface area contributed by atoms with E-state index in [0.29, 0.717) is 34.1 Å². The zero-order valence-corrected chi connectivity index (χ0v) is 16.0. The van der Waals surface area contributed by atoms with Crippen molar-refractivity contribution in [2.75, 3.05) is 0 Å². The molecule has 138 valence electrons. The molecule has 2 N–H and O–H groups in total. The lowest BCUT2D eigenvalue weighted by Crippen LogP contribution is -2.56. The molecular formula is C22H33NO2. The molecule has 6 aliphatic rings. The number of Topliss-reactive ketones (excluding diaryl/α,β-unsaturated/α-hetero) is 1. The molecule has 3 heteroatoms. The van der Waals surface area contributed by atoms with Crippen molar-refractivity contribution in [2.24, 2.45) is 63.6 Å². The quantitative estimate of drug-likeness (QED) is 0.772. The highest BCUT2D eigenvalue weighted by atomic mass is 16.6. The van der Waals surface area contributed by atoms with E-state index >= 15 is 0 Å². The van der Waals surface area contributed by atoms with Crippen molar-refractivity contribution in [1.82, 2.24) is 0 Å². The summed E-state index contributed by atoms with van der Waals surface area (Å²) in [4.78, 5) is 17.7. The number of carbonyl (C=O) groups excluding carboxylic acids is 1. The topological polar surface area (TPSA) is 52.3 Å². The van der Waals surface area contributed by atoms with Crippen LogP contribution in [0.5, 0.6) is 0 Å². The van der Waals surface area contributed by atoms with Gasteiger partial charge in [0, 0.05) is 5.92 Å². The Balaban J connectivity index is 1.35. The van der Waals surface area contributed by atoms with E-state index in [-0.39, 0.29) is 0 Å². The first-order valence-electron chi connectivity index (χ1n) is 10.8. The van der Waals surface area contributed by atoms with Gasteiger partial charge in [-0.3, -0.25) is 4.79 Å². The SMILES string of the molecule is CC(=O)C1CCC2C3CC4C5C6C(ON)CCC(C)(C3CCC12C)C465. The molecule has 0 aromatic rings. The minimum atomic E-state index is 0.296. The van der Waals surface area contributed by atoms with Crippen molar-refractivity contribution >= 4 is 5.78 Å². The average molecular weight is 344 g/mol. The summed E-state index contributed by atoms with van der Waals surface area (Å²) in [5.74, 6) is 11.7. The predicted octanol–water partition coefficient (Wildman–Crippen LogP) is 3.96. The van der Waals surface area contributed by atoms with E-state index in [1.165, 1.54) is 38.5 Å². The fourth-order valence-electron chi connectivity index (χ4n) is 10.3. The molecule has 6 aliphatic carbocycles. The van der Waals surface area contributed by atoms with Gasteiger partial charge in [-0.05, 0) is 104 Å². The van der Waals surface area contributed by atoms with Gasteiger partial charge in [0.05, 0.1) is 6.10 Å². The number of hydrogen-bond donors (Lipinski definition) is 1. The molecule has 11 unspecified atom stereocenters. The van der Waals surface area contributed by atoms with Crippen LogP contribution in [0.2, 0.25) is 0 Å². The highest BCUT2D eigenvalue weighted by Crippen LogP contribution is 2.98. The molecule has 0 heterocycles. The largest absolute Gasteiger partial charge is 0.301 e. The molecule has 0 radical (unpaired) electrons. The Labute approximate surface area is 151 Å². The van der Waals surface area contributed by atoms with E-state index in [0.717, 1.165) is 41.9 Å². The van der Waals surface area contributed by atoms with Crippen LogP contribution in [0.1, 0.15) is 65.7 Å². The van der Waals surface area contributed by atoms with Crippen molar-refractivity contribution in [1.29, 1.82) is 0 Å². The third-order valence-electron chi connectivity index (χ3n) is 11.1. The number of rotatable bonds is 2. The molecule has 11 atom stereocenters. The molecule has 0 aromatic carbocycles. The Kier molecular flexibility index (Phi) is 2.72. The van der Waals surface area contributed by atoms with E-state index in [9.17, 15) is 4.79 Å². The van der Waals surface area contributed by atoms with Gasteiger partial charge in [0.1, 0.15) is 5.78 Å². The standard InChI is InChI=1S/C22H33NO2/c1-11(24)13-4-5-14-12-10-16-18-19-17(25-23)7-9-21(3,22(16,18)19)15(12)6-8-20(13,14)2/h12-19H,4-10,23H2,1-3H3. The molecule has 6 fully saturated rings. The van der Waals surface area contributed by atoms with Gasteiger partial charge in [-0.25, -0.2) is 5.90 Å². The van der Waals surface area contributed by atoms with Crippen molar-refractivity contribution < 1.29 is 9.63 Å². The molecule has 0 saturated heterocycles. The van der Waals surface area contributed by atoms with Crippen LogP contribution in [0.25, 0.3) is 0 Å². The first-order valence-corrected chi connectivity index (χ1v) is 10.8. The minimum Gasteiger partial charge on any atom is -0.301 e. The molecule has 0 aliphatic heterocycles. The number of hydrogen-bond acceptors (Lipinski definition) is 3. The number of carbonyl (C=O) groups is 1. The van der Waals surface area contributed by atoms with Crippen LogP contribution in [0.3, 0.4) is 0 Å². The Bertz CT molecular complexity index is 662. The molecule has 0 bridgehead atoms. The van der Waals surface area contributed by atoms with Gasteiger partial charge in [0.15, 0.2) is 0 Å². The smallest absolute Gasteiger partial charge is 0.133 e. The third kappa shape index (κ3) is 1.43. The van der Waals surface area contributed by atoms with E-state index < -0.39 is 0 Å². The number of fused-ring (bicyclic) bond motifs is 6. The Morgan fingerprint density at radius 2 is 1.80 bits per heavy atom. The Morgan fingerprint density at radius 1 is 1.00 bits per heavy atom. The first-order chi connectivity index (χ1) is 11.9. The number of ketones is 1. The van der Waals surface area contributed by atoms with Crippen LogP contribution in [0.4, 0.5) is 0 Å². The zero-order valence-electron chi connectivity index (χ0n) is 16.0. The molecular weight excluding hydrogens is 310 g/mol. The monoisotopic (exact) mass is 343 g/mol. The van der Waals surface area contributed by atoms with Gasteiger partial charge in [-0.15, -0.1) is 0 Å². The lowest BCUT2D eigenvalue weighted by atomic mass is 9.44. The van der Waals surface area contributed by atoms with Gasteiger partial charge < -0.3 is 4.84 Å². The van der Waals surface area contributed by atoms with E-state index in [1.807, 2.05) is 6.92 Å². The third-order valence-corrected chi connectivity index (χ3v) is 11.1. The van der Waals surface area contributed by atoms with Crippen molar-refractivity contribution in [3.8, 4) is 0 Å². The molecule has 6 rings (SSSR count). The zero-order chi connectivity index (χ0) is 17.4. The van der Waals surface area contributed by atoms with Crippen LogP contribution in [-0.2, 0) is 9.63 Å². The van der Waals surface area contributed by atoms with Crippen LogP contribution in [0, 0.1) is 57.7 Å². The van der Waals surface area contributed by atoms with Gasteiger partial charge in [0.25, 0.3) is 0 Å². The molecule has 25 heavy (non-hydrogen) atoms. The predicted molar refractivity (Wildman–Crippen MR) is 95.1 cm³/mol. The summed E-state index contributed by atoms with van der Waals surface area (Å²) in [5.41, 5.74) is 1.44. The second-order valence-corrected chi connectivity index (χ2v) is 11.1. The maximum Gasteiger partial charge on any atom is 0.133 e. The molecule has 0 aromatic heterocycles. The van der Waals surface area contributed by atoms with Gasteiger partial charge in [-0.1, -0.05) is 13.8 Å². The maximum atomic E-state index is 12.3. The normalized spacial score (nSPS) is 66.1.